The van der Waals surface area contributed by atoms with Crippen molar-refractivity contribution in [3.8, 4) is 11.6 Å². The molecule has 0 amide bonds. The monoisotopic (exact) mass is 379 g/mol. The van der Waals surface area contributed by atoms with Gasteiger partial charge in [0.15, 0.2) is 0 Å². The summed E-state index contributed by atoms with van der Waals surface area (Å²) in [6.45, 7) is 2.91. The summed E-state index contributed by atoms with van der Waals surface area (Å²) in [4.78, 5) is 11.2. The van der Waals surface area contributed by atoms with Crippen LogP contribution in [0.1, 0.15) is 110 Å². The molecule has 0 fully saturated rings. The second-order valence-corrected chi connectivity index (χ2v) is 7.85. The van der Waals surface area contributed by atoms with Crippen LogP contribution >= 0.6 is 0 Å². The van der Waals surface area contributed by atoms with Crippen molar-refractivity contribution in [2.45, 2.75) is 116 Å². The van der Waals surface area contributed by atoms with E-state index in [1.165, 1.54) is 96.0 Å². The third-order valence-corrected chi connectivity index (χ3v) is 5.38. The van der Waals surface area contributed by atoms with E-state index in [0.717, 1.165) is 12.8 Å². The summed E-state index contributed by atoms with van der Waals surface area (Å²) in [5, 5.41) is 19.2. The molecule has 0 aliphatic rings. The number of rotatable bonds is 17. The van der Waals surface area contributed by atoms with Gasteiger partial charge in [-0.1, -0.05) is 103 Å². The lowest BCUT2D eigenvalue weighted by molar-refractivity contribution is 0.354. The summed E-state index contributed by atoms with van der Waals surface area (Å²) in [6, 6.07) is 1.29. The molecule has 2 N–H and O–H groups in total. The highest BCUT2D eigenvalue weighted by atomic mass is 16.3. The van der Waals surface area contributed by atoms with Gasteiger partial charge in [-0.2, -0.15) is 0 Å². The first-order valence-corrected chi connectivity index (χ1v) is 11.3. The zero-order valence-corrected chi connectivity index (χ0v) is 17.4. The first kappa shape index (κ1) is 23.6. The van der Waals surface area contributed by atoms with Crippen LogP contribution in [0.3, 0.4) is 0 Å². The van der Waals surface area contributed by atoms with Gasteiger partial charge in [-0.3, -0.25) is 4.79 Å². The van der Waals surface area contributed by atoms with E-state index in [0.29, 0.717) is 6.54 Å². The van der Waals surface area contributed by atoms with Gasteiger partial charge in [0.2, 0.25) is 17.1 Å². The van der Waals surface area contributed by atoms with Crippen molar-refractivity contribution in [3.05, 3.63) is 22.5 Å². The lowest BCUT2D eigenvalue weighted by atomic mass is 10.0. The third-order valence-electron chi connectivity index (χ3n) is 5.38. The smallest absolute Gasteiger partial charge is 0.238 e. The van der Waals surface area contributed by atoms with Crippen molar-refractivity contribution in [3.63, 3.8) is 0 Å². The van der Waals surface area contributed by atoms with Crippen LogP contribution in [-0.4, -0.2) is 14.8 Å². The van der Waals surface area contributed by atoms with E-state index in [9.17, 15) is 15.0 Å². The Morgan fingerprint density at radius 1 is 0.704 bits per heavy atom. The van der Waals surface area contributed by atoms with Gasteiger partial charge < -0.3 is 14.8 Å². The number of aryl methyl sites for hydroxylation is 1. The minimum absolute atomic E-state index is 0.316. The molecule has 1 aromatic rings. The maximum absolute atomic E-state index is 11.2. The van der Waals surface area contributed by atoms with Gasteiger partial charge in [-0.25, -0.2) is 0 Å². The van der Waals surface area contributed by atoms with Crippen LogP contribution in [-0.2, 0) is 6.54 Å². The predicted octanol–water partition coefficient (Wildman–Crippen LogP) is 6.52. The van der Waals surface area contributed by atoms with Crippen molar-refractivity contribution >= 4 is 0 Å². The van der Waals surface area contributed by atoms with E-state index in [4.69, 9.17) is 0 Å². The number of hydrogen-bond acceptors (Lipinski definition) is 3. The van der Waals surface area contributed by atoms with Gasteiger partial charge in [0.1, 0.15) is 0 Å². The molecule has 0 radical (unpaired) electrons. The number of hydrogen-bond donors (Lipinski definition) is 2. The van der Waals surface area contributed by atoms with Gasteiger partial charge in [0, 0.05) is 18.8 Å². The highest BCUT2D eigenvalue weighted by Gasteiger charge is 2.07. The maximum Gasteiger partial charge on any atom is 0.238 e. The van der Waals surface area contributed by atoms with E-state index in [-0.39, 0.29) is 5.88 Å². The summed E-state index contributed by atoms with van der Waals surface area (Å²) in [5.41, 5.74) is -0.532. The van der Waals surface area contributed by atoms with Crippen molar-refractivity contribution in [2.24, 2.45) is 0 Å². The SMILES string of the molecule is CCCCCCCCCCCCCCCCCCn1ccc(=O)c(O)c1O. The van der Waals surface area contributed by atoms with Crippen molar-refractivity contribution in [2.75, 3.05) is 0 Å². The first-order chi connectivity index (χ1) is 13.2. The Labute approximate surface area is 165 Å². The highest BCUT2D eigenvalue weighted by Crippen LogP contribution is 2.20. The van der Waals surface area contributed by atoms with Gasteiger partial charge in [-0.15, -0.1) is 0 Å². The van der Waals surface area contributed by atoms with Crippen molar-refractivity contribution in [1.82, 2.24) is 4.57 Å². The average Bonchev–Trinajstić information content (AvgIpc) is 2.67. The normalized spacial score (nSPS) is 11.1. The molecule has 156 valence electrons. The minimum Gasteiger partial charge on any atom is -0.500 e. The fraction of sp³-hybridized carbons (Fsp3) is 0.783. The summed E-state index contributed by atoms with van der Waals surface area (Å²) in [6.07, 6.45) is 22.8. The van der Waals surface area contributed by atoms with Crippen molar-refractivity contribution in [1.29, 1.82) is 0 Å². The van der Waals surface area contributed by atoms with Crippen LogP contribution in [0.4, 0.5) is 0 Å². The summed E-state index contributed by atoms with van der Waals surface area (Å²) in [7, 11) is 0. The van der Waals surface area contributed by atoms with E-state index in [1.807, 2.05) is 0 Å². The van der Waals surface area contributed by atoms with E-state index < -0.39 is 11.2 Å². The molecule has 0 atom stereocenters. The summed E-state index contributed by atoms with van der Waals surface area (Å²) in [5.74, 6) is -0.863. The Bertz CT molecular complexity index is 539. The zero-order valence-electron chi connectivity index (χ0n) is 17.4. The zero-order chi connectivity index (χ0) is 19.7. The predicted molar refractivity (Wildman–Crippen MR) is 114 cm³/mol. The molecule has 0 aliphatic carbocycles. The first-order valence-electron chi connectivity index (χ1n) is 11.3. The lowest BCUT2D eigenvalue weighted by Crippen LogP contribution is -2.06. The number of aromatic nitrogens is 1. The minimum atomic E-state index is -0.547. The molecule has 1 aromatic heterocycles. The molecule has 27 heavy (non-hydrogen) atoms. The van der Waals surface area contributed by atoms with Crippen LogP contribution in [0, 0.1) is 0 Å². The van der Waals surface area contributed by atoms with Gasteiger partial charge >= 0.3 is 0 Å². The molecule has 0 unspecified atom stereocenters. The average molecular weight is 380 g/mol. The topological polar surface area (TPSA) is 62.5 Å². The van der Waals surface area contributed by atoms with E-state index >= 15 is 0 Å². The Balaban J connectivity index is 1.86. The largest absolute Gasteiger partial charge is 0.500 e. The Hall–Kier alpha value is -1.45. The van der Waals surface area contributed by atoms with Crippen LogP contribution in [0.25, 0.3) is 0 Å². The molecule has 4 heteroatoms. The Morgan fingerprint density at radius 2 is 1.11 bits per heavy atom. The fourth-order valence-electron chi connectivity index (χ4n) is 3.56. The molecule has 0 aliphatic heterocycles. The van der Waals surface area contributed by atoms with Gasteiger partial charge in [0.05, 0.1) is 0 Å². The second kappa shape index (κ2) is 15.6. The molecule has 1 heterocycles. The molecule has 0 spiro atoms. The Morgan fingerprint density at radius 3 is 1.56 bits per heavy atom. The van der Waals surface area contributed by atoms with E-state index in [1.54, 1.807) is 10.8 Å². The number of unbranched alkanes of at least 4 members (excludes halogenated alkanes) is 15. The quantitative estimate of drug-likeness (QED) is 0.303. The maximum atomic E-state index is 11.2. The molecule has 1 rings (SSSR count). The van der Waals surface area contributed by atoms with Crippen LogP contribution in [0.2, 0.25) is 0 Å². The fourth-order valence-corrected chi connectivity index (χ4v) is 3.56. The van der Waals surface area contributed by atoms with Crippen LogP contribution in [0.5, 0.6) is 11.6 Å². The van der Waals surface area contributed by atoms with E-state index in [2.05, 4.69) is 6.92 Å². The molecule has 0 bridgehead atoms. The standard InChI is InChI=1S/C23H41NO3/c1-2-3-4-5-6-7-8-9-10-11-12-13-14-15-16-17-19-24-20-18-21(25)22(26)23(24)27/h18,20,26-27H,2-17,19H2,1H3. The number of nitrogens with zero attached hydrogens (tertiary/aromatic N) is 1. The third kappa shape index (κ3) is 11.1. The molecule has 0 aromatic carbocycles. The molecular weight excluding hydrogens is 338 g/mol. The molecule has 0 saturated carbocycles. The highest BCUT2D eigenvalue weighted by molar-refractivity contribution is 5.30. The second-order valence-electron chi connectivity index (χ2n) is 7.85. The lowest BCUT2D eigenvalue weighted by Gasteiger charge is -2.09. The number of pyridine rings is 1. The van der Waals surface area contributed by atoms with Crippen molar-refractivity contribution < 1.29 is 10.2 Å². The van der Waals surface area contributed by atoms with Crippen LogP contribution < -0.4 is 5.43 Å². The summed E-state index contributed by atoms with van der Waals surface area (Å²) >= 11 is 0. The molecule has 0 saturated heterocycles. The van der Waals surface area contributed by atoms with Gasteiger partial charge in [0.25, 0.3) is 0 Å². The number of aromatic hydroxyl groups is 2. The molecule has 4 nitrogen and oxygen atoms in total. The Kier molecular flexibility index (Phi) is 13.6. The summed E-state index contributed by atoms with van der Waals surface area (Å²) < 4.78 is 1.54. The van der Waals surface area contributed by atoms with Gasteiger partial charge in [-0.05, 0) is 6.42 Å². The van der Waals surface area contributed by atoms with Crippen LogP contribution in [0.15, 0.2) is 17.1 Å². The molecular formula is C23H41NO3.